The molecule has 6 nitrogen and oxygen atoms in total. The average molecular weight is 194 g/mol. The van der Waals surface area contributed by atoms with Crippen molar-refractivity contribution >= 4 is 11.9 Å². The SMILES string of the molecule is C=CC.O=C(O)CO.O=C(O)CO. The van der Waals surface area contributed by atoms with Gasteiger partial charge in [-0.2, -0.15) is 0 Å². The first-order valence-electron chi connectivity index (χ1n) is 3.18. The van der Waals surface area contributed by atoms with Gasteiger partial charge >= 0.3 is 11.9 Å². The number of carboxylic acid groups (broad SMARTS) is 2. The van der Waals surface area contributed by atoms with Crippen molar-refractivity contribution < 1.29 is 30.0 Å². The van der Waals surface area contributed by atoms with E-state index >= 15 is 0 Å². The zero-order chi connectivity index (χ0) is 11.3. The highest BCUT2D eigenvalue weighted by atomic mass is 16.4. The third-order valence-electron chi connectivity index (χ3n) is 0.271. The Morgan fingerprint density at radius 3 is 1.23 bits per heavy atom. The molecule has 0 amide bonds. The van der Waals surface area contributed by atoms with Crippen LogP contribution in [0.1, 0.15) is 6.92 Å². The first-order chi connectivity index (χ1) is 5.95. The topological polar surface area (TPSA) is 115 Å². The van der Waals surface area contributed by atoms with Crippen LogP contribution in [0.5, 0.6) is 0 Å². The predicted octanol–water partition coefficient (Wildman–Crippen LogP) is -0.681. The highest BCUT2D eigenvalue weighted by Gasteiger charge is 1.83. The number of allylic oxidation sites excluding steroid dienone is 1. The van der Waals surface area contributed by atoms with E-state index in [9.17, 15) is 0 Å². The Hall–Kier alpha value is -1.40. The molecule has 0 fully saturated rings. The van der Waals surface area contributed by atoms with Crippen LogP contribution in [0.4, 0.5) is 0 Å². The molecular weight excluding hydrogens is 180 g/mol. The van der Waals surface area contributed by atoms with Crippen molar-refractivity contribution in [2.75, 3.05) is 13.2 Å². The molecule has 0 aliphatic heterocycles. The smallest absolute Gasteiger partial charge is 0.329 e. The van der Waals surface area contributed by atoms with Gasteiger partial charge in [-0.25, -0.2) is 9.59 Å². The van der Waals surface area contributed by atoms with Gasteiger partial charge in [0.15, 0.2) is 0 Å². The van der Waals surface area contributed by atoms with Crippen LogP contribution in [-0.2, 0) is 9.59 Å². The van der Waals surface area contributed by atoms with E-state index in [-0.39, 0.29) is 0 Å². The molecule has 0 rings (SSSR count). The van der Waals surface area contributed by atoms with Crippen LogP contribution in [0.25, 0.3) is 0 Å². The van der Waals surface area contributed by atoms with Gasteiger partial charge in [0.1, 0.15) is 13.2 Å². The van der Waals surface area contributed by atoms with Gasteiger partial charge in [0.05, 0.1) is 0 Å². The molecule has 78 valence electrons. The van der Waals surface area contributed by atoms with E-state index in [0.717, 1.165) is 0 Å². The molecule has 0 unspecified atom stereocenters. The Bertz CT molecular complexity index is 128. The molecule has 0 spiro atoms. The summed E-state index contributed by atoms with van der Waals surface area (Å²) >= 11 is 0. The predicted molar refractivity (Wildman–Crippen MR) is 45.3 cm³/mol. The monoisotopic (exact) mass is 194 g/mol. The summed E-state index contributed by atoms with van der Waals surface area (Å²) in [6.45, 7) is 3.69. The lowest BCUT2D eigenvalue weighted by Gasteiger charge is -1.72. The summed E-state index contributed by atoms with van der Waals surface area (Å²) in [5.41, 5.74) is 0. The summed E-state index contributed by atoms with van der Waals surface area (Å²) in [6, 6.07) is 0. The van der Waals surface area contributed by atoms with E-state index in [4.69, 9.17) is 30.0 Å². The van der Waals surface area contributed by atoms with Gasteiger partial charge in [-0.1, -0.05) is 6.08 Å². The Morgan fingerprint density at radius 1 is 1.15 bits per heavy atom. The molecule has 0 aliphatic rings. The normalized spacial score (nSPS) is 6.69. The van der Waals surface area contributed by atoms with Crippen molar-refractivity contribution in [3.63, 3.8) is 0 Å². The minimum atomic E-state index is -1.19. The second kappa shape index (κ2) is 16.9. The summed E-state index contributed by atoms with van der Waals surface area (Å²) < 4.78 is 0. The first kappa shape index (κ1) is 17.6. The summed E-state index contributed by atoms with van der Waals surface area (Å²) in [4.78, 5) is 18.2. The first-order valence-corrected chi connectivity index (χ1v) is 3.18. The standard InChI is InChI=1S/C3H6.2C2H4O3/c1-3-2;2*3-1-2(4)5/h3H,1H2,2H3;2*3H,1H2,(H,4,5). The third-order valence-corrected chi connectivity index (χ3v) is 0.271. The van der Waals surface area contributed by atoms with E-state index in [0.29, 0.717) is 0 Å². The lowest BCUT2D eigenvalue weighted by atomic mass is 10.8. The highest BCUT2D eigenvalue weighted by Crippen LogP contribution is 1.49. The Labute approximate surface area is 75.8 Å². The van der Waals surface area contributed by atoms with E-state index in [1.54, 1.807) is 6.08 Å². The van der Waals surface area contributed by atoms with Crippen LogP contribution in [0, 0.1) is 0 Å². The zero-order valence-electron chi connectivity index (χ0n) is 7.30. The van der Waals surface area contributed by atoms with Gasteiger partial charge in [-0.05, 0) is 6.92 Å². The molecule has 0 aromatic rings. The summed E-state index contributed by atoms with van der Waals surface area (Å²) in [5.74, 6) is -2.38. The molecule has 6 heteroatoms. The number of carboxylic acids is 2. The van der Waals surface area contributed by atoms with E-state index in [1.807, 2.05) is 6.92 Å². The average Bonchev–Trinajstić information content (AvgIpc) is 2.07. The second-order valence-corrected chi connectivity index (χ2v) is 1.51. The molecule has 0 aromatic carbocycles. The zero-order valence-corrected chi connectivity index (χ0v) is 7.30. The van der Waals surface area contributed by atoms with Crippen molar-refractivity contribution in [2.45, 2.75) is 6.92 Å². The van der Waals surface area contributed by atoms with Gasteiger partial charge < -0.3 is 20.4 Å². The fourth-order valence-corrected chi connectivity index (χ4v) is 0. The van der Waals surface area contributed by atoms with Crippen LogP contribution in [0.15, 0.2) is 12.7 Å². The lowest BCUT2D eigenvalue weighted by molar-refractivity contribution is -0.141. The molecule has 0 bridgehead atoms. The van der Waals surface area contributed by atoms with Crippen molar-refractivity contribution in [2.24, 2.45) is 0 Å². The maximum absolute atomic E-state index is 9.12. The largest absolute Gasteiger partial charge is 0.480 e. The lowest BCUT2D eigenvalue weighted by Crippen LogP contribution is -1.98. The fourth-order valence-electron chi connectivity index (χ4n) is 0. The van der Waals surface area contributed by atoms with E-state index in [2.05, 4.69) is 6.58 Å². The molecule has 0 radical (unpaired) electrons. The number of hydrogen-bond acceptors (Lipinski definition) is 4. The number of carbonyl (C=O) groups is 2. The maximum atomic E-state index is 9.12. The van der Waals surface area contributed by atoms with Gasteiger partial charge in [0, 0.05) is 0 Å². The van der Waals surface area contributed by atoms with Crippen LogP contribution < -0.4 is 0 Å². The summed E-state index contributed by atoms with van der Waals surface area (Å²) in [7, 11) is 0. The molecule has 0 aliphatic carbocycles. The molecule has 4 N–H and O–H groups in total. The van der Waals surface area contributed by atoms with Crippen molar-refractivity contribution in [3.05, 3.63) is 12.7 Å². The van der Waals surface area contributed by atoms with Crippen LogP contribution >= 0.6 is 0 Å². The third kappa shape index (κ3) is 116. The molecule has 0 atom stereocenters. The minimum Gasteiger partial charge on any atom is -0.480 e. The van der Waals surface area contributed by atoms with Gasteiger partial charge in [-0.15, -0.1) is 6.58 Å². The summed E-state index contributed by atoms with van der Waals surface area (Å²) in [6.07, 6.45) is 1.75. The van der Waals surface area contributed by atoms with Crippen molar-refractivity contribution in [3.8, 4) is 0 Å². The molecule has 0 heterocycles. The molecule has 13 heavy (non-hydrogen) atoms. The second-order valence-electron chi connectivity index (χ2n) is 1.51. The molecule has 0 aromatic heterocycles. The van der Waals surface area contributed by atoms with Crippen LogP contribution in [-0.4, -0.2) is 45.6 Å². The Balaban J connectivity index is -0.000000120. The number of aliphatic carboxylic acids is 2. The van der Waals surface area contributed by atoms with E-state index < -0.39 is 25.2 Å². The fraction of sp³-hybridized carbons (Fsp3) is 0.429. The molecule has 0 saturated heterocycles. The van der Waals surface area contributed by atoms with Gasteiger partial charge in [0.25, 0.3) is 0 Å². The van der Waals surface area contributed by atoms with Gasteiger partial charge in [0.2, 0.25) is 0 Å². The van der Waals surface area contributed by atoms with Crippen molar-refractivity contribution in [1.29, 1.82) is 0 Å². The molecular formula is C7H14O6. The van der Waals surface area contributed by atoms with Crippen LogP contribution in [0.3, 0.4) is 0 Å². The molecule has 0 saturated carbocycles. The quantitative estimate of drug-likeness (QED) is 0.433. The Morgan fingerprint density at radius 2 is 1.23 bits per heavy atom. The van der Waals surface area contributed by atoms with Gasteiger partial charge in [-0.3, -0.25) is 0 Å². The maximum Gasteiger partial charge on any atom is 0.329 e. The van der Waals surface area contributed by atoms with Crippen molar-refractivity contribution in [1.82, 2.24) is 0 Å². The summed E-state index contributed by atoms with van der Waals surface area (Å²) in [5, 5.41) is 30.0. The highest BCUT2D eigenvalue weighted by molar-refractivity contribution is 5.67. The number of aliphatic hydroxyl groups is 2. The van der Waals surface area contributed by atoms with Crippen LogP contribution in [0.2, 0.25) is 0 Å². The van der Waals surface area contributed by atoms with E-state index in [1.165, 1.54) is 0 Å². The number of hydrogen-bond donors (Lipinski definition) is 4. The number of aliphatic hydroxyl groups excluding tert-OH is 2. The number of rotatable bonds is 2. The Kier molecular flexibility index (Phi) is 22.9. The minimum absolute atomic E-state index is 0.778.